The fourth-order valence-electron chi connectivity index (χ4n) is 2.16. The Morgan fingerprint density at radius 2 is 0.909 bits per heavy atom. The molecule has 1 amide bonds. The summed E-state index contributed by atoms with van der Waals surface area (Å²) in [5.74, 6) is -0.186. The highest BCUT2D eigenvalue weighted by molar-refractivity contribution is 5.77. The monoisotopic (exact) mass is 483 g/mol. The molecule has 0 aliphatic rings. The Balaban J connectivity index is 3.13. The molecule has 33 heavy (non-hydrogen) atoms. The lowest BCUT2D eigenvalue weighted by molar-refractivity contribution is -0.126. The van der Waals surface area contributed by atoms with Crippen LogP contribution in [0.2, 0.25) is 0 Å². The van der Waals surface area contributed by atoms with Crippen LogP contribution in [-0.4, -0.2) is 138 Å². The van der Waals surface area contributed by atoms with E-state index in [-0.39, 0.29) is 12.5 Å². The van der Waals surface area contributed by atoms with Crippen LogP contribution >= 0.6 is 0 Å². The number of rotatable bonds is 28. The van der Waals surface area contributed by atoms with Crippen LogP contribution in [0, 0.1) is 0 Å². The average molecular weight is 484 g/mol. The molecular formula is C21H45N3O9. The van der Waals surface area contributed by atoms with Crippen LogP contribution in [0.25, 0.3) is 0 Å². The SMILES string of the molecule is CNCCOCCOCCOCC(=O)NCCOCCOCCOCCOCCOCCN. The van der Waals surface area contributed by atoms with E-state index < -0.39 is 0 Å². The first kappa shape index (κ1) is 32.1. The Morgan fingerprint density at radius 3 is 1.33 bits per heavy atom. The van der Waals surface area contributed by atoms with Gasteiger partial charge in [0.15, 0.2) is 0 Å². The van der Waals surface area contributed by atoms with Crippen molar-refractivity contribution in [3.8, 4) is 0 Å². The molecule has 0 aromatic heterocycles. The molecule has 0 heterocycles. The molecule has 0 aliphatic carbocycles. The maximum absolute atomic E-state index is 11.6. The number of carbonyl (C=O) groups excluding carboxylic acids is 1. The summed E-state index contributed by atoms with van der Waals surface area (Å²) in [6.07, 6.45) is 0. The fraction of sp³-hybridized carbons (Fsp3) is 0.952. The van der Waals surface area contributed by atoms with Crippen molar-refractivity contribution < 1.29 is 42.7 Å². The topological polar surface area (TPSA) is 141 Å². The maximum atomic E-state index is 11.6. The van der Waals surface area contributed by atoms with Crippen molar-refractivity contribution in [3.05, 3.63) is 0 Å². The lowest BCUT2D eigenvalue weighted by Crippen LogP contribution is -2.31. The van der Waals surface area contributed by atoms with Crippen LogP contribution in [0.1, 0.15) is 0 Å². The summed E-state index contributed by atoms with van der Waals surface area (Å²) in [6.45, 7) is 9.24. The van der Waals surface area contributed by atoms with Gasteiger partial charge in [-0.2, -0.15) is 0 Å². The molecule has 0 bridgehead atoms. The van der Waals surface area contributed by atoms with Crippen molar-refractivity contribution in [1.82, 2.24) is 10.6 Å². The Bertz CT molecular complexity index is 396. The molecule has 0 aliphatic heterocycles. The number of ether oxygens (including phenoxy) is 8. The van der Waals surface area contributed by atoms with Crippen molar-refractivity contribution >= 4 is 5.91 Å². The Morgan fingerprint density at radius 1 is 0.545 bits per heavy atom. The number of hydrogen-bond donors (Lipinski definition) is 3. The predicted octanol–water partition coefficient (Wildman–Crippen LogP) is -1.59. The quantitative estimate of drug-likeness (QED) is 0.111. The molecule has 0 unspecified atom stereocenters. The van der Waals surface area contributed by atoms with E-state index in [2.05, 4.69) is 10.6 Å². The molecule has 0 atom stereocenters. The third-order valence-corrected chi connectivity index (χ3v) is 3.79. The highest BCUT2D eigenvalue weighted by Crippen LogP contribution is 1.84. The number of carbonyl (C=O) groups is 1. The highest BCUT2D eigenvalue weighted by Gasteiger charge is 2.01. The number of nitrogens with two attached hydrogens (primary N) is 1. The van der Waals surface area contributed by atoms with E-state index in [0.717, 1.165) is 6.54 Å². The standard InChI is InChI=1S/C21H45N3O9/c1-23-3-6-27-9-12-32-18-19-33-20-21(25)24-4-7-28-10-13-30-15-17-31-16-14-29-11-8-26-5-2-22/h23H,2-20,22H2,1H3,(H,24,25). The van der Waals surface area contributed by atoms with Crippen molar-refractivity contribution in [2.75, 3.05) is 132 Å². The molecule has 0 spiro atoms. The van der Waals surface area contributed by atoms with Crippen LogP contribution in [0.5, 0.6) is 0 Å². The van der Waals surface area contributed by atoms with Crippen LogP contribution in [0.15, 0.2) is 0 Å². The summed E-state index contributed by atoms with van der Waals surface area (Å²) in [6, 6.07) is 0. The largest absolute Gasteiger partial charge is 0.378 e. The Labute approximate surface area is 198 Å². The zero-order chi connectivity index (χ0) is 24.1. The fourth-order valence-corrected chi connectivity index (χ4v) is 2.16. The normalized spacial score (nSPS) is 11.2. The third kappa shape index (κ3) is 29.0. The van der Waals surface area contributed by atoms with Crippen LogP contribution in [0.3, 0.4) is 0 Å². The molecular weight excluding hydrogens is 438 g/mol. The second-order valence-electron chi connectivity index (χ2n) is 6.58. The minimum absolute atomic E-state index is 0.00174. The van der Waals surface area contributed by atoms with Gasteiger partial charge < -0.3 is 54.3 Å². The smallest absolute Gasteiger partial charge is 0.246 e. The molecule has 12 nitrogen and oxygen atoms in total. The van der Waals surface area contributed by atoms with Crippen LogP contribution in [-0.2, 0) is 42.7 Å². The Kier molecular flexibility index (Phi) is 28.3. The second kappa shape index (κ2) is 29.1. The molecule has 198 valence electrons. The maximum Gasteiger partial charge on any atom is 0.246 e. The first-order valence-electron chi connectivity index (χ1n) is 11.5. The van der Waals surface area contributed by atoms with E-state index >= 15 is 0 Å². The number of amides is 1. The van der Waals surface area contributed by atoms with Gasteiger partial charge in [-0.3, -0.25) is 4.79 Å². The van der Waals surface area contributed by atoms with Gasteiger partial charge in [-0.15, -0.1) is 0 Å². The van der Waals surface area contributed by atoms with Crippen molar-refractivity contribution in [2.45, 2.75) is 0 Å². The van der Waals surface area contributed by atoms with Gasteiger partial charge in [0.1, 0.15) is 6.61 Å². The van der Waals surface area contributed by atoms with Gasteiger partial charge in [-0.05, 0) is 7.05 Å². The molecule has 0 radical (unpaired) electrons. The van der Waals surface area contributed by atoms with E-state index in [9.17, 15) is 4.79 Å². The zero-order valence-corrected chi connectivity index (χ0v) is 20.2. The van der Waals surface area contributed by atoms with Crippen molar-refractivity contribution in [1.29, 1.82) is 0 Å². The Hall–Kier alpha value is -0.930. The van der Waals surface area contributed by atoms with Crippen LogP contribution < -0.4 is 16.4 Å². The number of nitrogens with one attached hydrogen (secondary N) is 2. The molecule has 4 N–H and O–H groups in total. The molecule has 0 rings (SSSR count). The summed E-state index contributed by atoms with van der Waals surface area (Å²) in [5.41, 5.74) is 5.31. The van der Waals surface area contributed by atoms with Gasteiger partial charge in [0.25, 0.3) is 0 Å². The van der Waals surface area contributed by atoms with Gasteiger partial charge in [0.2, 0.25) is 5.91 Å². The summed E-state index contributed by atoms with van der Waals surface area (Å²) in [7, 11) is 1.87. The molecule has 12 heteroatoms. The molecule has 0 saturated carbocycles. The average Bonchev–Trinajstić information content (AvgIpc) is 2.82. The highest BCUT2D eigenvalue weighted by atomic mass is 16.6. The van der Waals surface area contributed by atoms with Crippen molar-refractivity contribution in [3.63, 3.8) is 0 Å². The van der Waals surface area contributed by atoms with Gasteiger partial charge in [0.05, 0.1) is 99.1 Å². The lowest BCUT2D eigenvalue weighted by Gasteiger charge is -2.09. The summed E-state index contributed by atoms with van der Waals surface area (Å²) in [5, 5.41) is 5.71. The first-order chi connectivity index (χ1) is 16.3. The van der Waals surface area contributed by atoms with E-state index in [1.807, 2.05) is 7.05 Å². The summed E-state index contributed by atoms with van der Waals surface area (Å²) >= 11 is 0. The lowest BCUT2D eigenvalue weighted by atomic mass is 10.6. The molecule has 0 saturated heterocycles. The second-order valence-corrected chi connectivity index (χ2v) is 6.58. The van der Waals surface area contributed by atoms with E-state index in [1.54, 1.807) is 0 Å². The van der Waals surface area contributed by atoms with E-state index in [1.165, 1.54) is 0 Å². The molecule has 0 fully saturated rings. The predicted molar refractivity (Wildman–Crippen MR) is 123 cm³/mol. The first-order valence-corrected chi connectivity index (χ1v) is 11.5. The number of hydrogen-bond acceptors (Lipinski definition) is 11. The minimum atomic E-state index is -0.186. The van der Waals surface area contributed by atoms with Gasteiger partial charge in [-0.25, -0.2) is 0 Å². The van der Waals surface area contributed by atoms with Gasteiger partial charge in [0, 0.05) is 19.6 Å². The van der Waals surface area contributed by atoms with Crippen LogP contribution in [0.4, 0.5) is 0 Å². The summed E-state index contributed by atoms with van der Waals surface area (Å²) < 4.78 is 42.6. The third-order valence-electron chi connectivity index (χ3n) is 3.79. The van der Waals surface area contributed by atoms with Gasteiger partial charge in [-0.1, -0.05) is 0 Å². The van der Waals surface area contributed by atoms with Gasteiger partial charge >= 0.3 is 0 Å². The van der Waals surface area contributed by atoms with Crippen molar-refractivity contribution in [2.24, 2.45) is 5.73 Å². The van der Waals surface area contributed by atoms with E-state index in [0.29, 0.717) is 112 Å². The zero-order valence-electron chi connectivity index (χ0n) is 20.2. The minimum Gasteiger partial charge on any atom is -0.378 e. The summed E-state index contributed by atoms with van der Waals surface area (Å²) in [4.78, 5) is 11.6. The van der Waals surface area contributed by atoms with E-state index in [4.69, 9.17) is 43.6 Å². The molecule has 0 aromatic carbocycles. The number of likely N-dealkylation sites (N-methyl/N-ethyl adjacent to an activating group) is 1. The molecule has 0 aromatic rings.